The molecule has 0 aliphatic carbocycles. The van der Waals surface area contributed by atoms with Crippen LogP contribution in [0.5, 0.6) is 5.75 Å². The van der Waals surface area contributed by atoms with Crippen LogP contribution in [-0.4, -0.2) is 47.3 Å². The summed E-state index contributed by atoms with van der Waals surface area (Å²) in [6.45, 7) is 7.64. The smallest absolute Gasteiger partial charge is 0.274 e. The maximum absolute atomic E-state index is 13.2. The number of hydrogen-bond acceptors (Lipinski definition) is 5. The van der Waals surface area contributed by atoms with Crippen molar-refractivity contribution in [3.63, 3.8) is 0 Å². The molecule has 1 aromatic carbocycles. The van der Waals surface area contributed by atoms with Crippen molar-refractivity contribution in [2.75, 3.05) is 13.2 Å². The maximum Gasteiger partial charge on any atom is 0.274 e. The van der Waals surface area contributed by atoms with Gasteiger partial charge in [0.25, 0.3) is 5.91 Å². The van der Waals surface area contributed by atoms with Crippen molar-refractivity contribution in [1.29, 1.82) is 0 Å². The second-order valence-corrected chi connectivity index (χ2v) is 7.76. The Labute approximate surface area is 159 Å². The third-order valence-corrected chi connectivity index (χ3v) is 5.47. The van der Waals surface area contributed by atoms with Gasteiger partial charge in [-0.05, 0) is 37.8 Å². The predicted octanol–water partition coefficient (Wildman–Crippen LogP) is 2.37. The highest BCUT2D eigenvalue weighted by Gasteiger charge is 2.35. The van der Waals surface area contributed by atoms with Crippen LogP contribution < -0.4 is 10.2 Å². The molecule has 1 fully saturated rings. The zero-order valence-corrected chi connectivity index (χ0v) is 16.1. The minimum atomic E-state index is -0.589. The van der Waals surface area contributed by atoms with E-state index in [0.29, 0.717) is 37.0 Å². The fourth-order valence-corrected chi connectivity index (χ4v) is 3.71. The van der Waals surface area contributed by atoms with E-state index < -0.39 is 5.91 Å². The Morgan fingerprint density at radius 2 is 2.11 bits per heavy atom. The van der Waals surface area contributed by atoms with Crippen LogP contribution in [0, 0.1) is 11.8 Å². The van der Waals surface area contributed by atoms with Gasteiger partial charge in [-0.15, -0.1) is 0 Å². The Bertz CT molecular complexity index is 706. The Kier molecular flexibility index (Phi) is 6.01. The van der Waals surface area contributed by atoms with Gasteiger partial charge in [0, 0.05) is 30.2 Å². The Morgan fingerprint density at radius 1 is 1.33 bits per heavy atom. The summed E-state index contributed by atoms with van der Waals surface area (Å²) in [7, 11) is 0. The quantitative estimate of drug-likeness (QED) is 0.625. The number of carbonyl (C=O) groups is 2. The van der Waals surface area contributed by atoms with Gasteiger partial charge in [0.1, 0.15) is 12.4 Å². The highest BCUT2D eigenvalue weighted by Crippen LogP contribution is 2.31. The minimum absolute atomic E-state index is 0.0328. The van der Waals surface area contributed by atoms with Gasteiger partial charge in [0.15, 0.2) is 0 Å². The Balaban J connectivity index is 1.78. The lowest BCUT2D eigenvalue weighted by Crippen LogP contribution is -2.46. The van der Waals surface area contributed by atoms with E-state index >= 15 is 0 Å². The lowest BCUT2D eigenvalue weighted by molar-refractivity contribution is -0.144. The molecule has 2 heterocycles. The summed E-state index contributed by atoms with van der Waals surface area (Å²) in [5.74, 6) is 0.487. The molecule has 0 aromatic heterocycles. The molecule has 2 amide bonds. The fraction of sp³-hybridized carbons (Fsp3) is 0.600. The van der Waals surface area contributed by atoms with Gasteiger partial charge in [-0.2, -0.15) is 0 Å². The van der Waals surface area contributed by atoms with Crippen LogP contribution in [0.4, 0.5) is 0 Å². The summed E-state index contributed by atoms with van der Waals surface area (Å²) in [6.07, 6.45) is 1.62. The van der Waals surface area contributed by atoms with Crippen molar-refractivity contribution in [1.82, 2.24) is 10.4 Å². The molecular formula is C20H28N2O5. The van der Waals surface area contributed by atoms with Gasteiger partial charge >= 0.3 is 0 Å². The van der Waals surface area contributed by atoms with Crippen molar-refractivity contribution in [2.24, 2.45) is 11.8 Å². The summed E-state index contributed by atoms with van der Waals surface area (Å²) in [6, 6.07) is 4.93. The number of nitrogens with one attached hydrogen (secondary N) is 1. The average molecular weight is 376 g/mol. The first-order valence-electron chi connectivity index (χ1n) is 9.53. The van der Waals surface area contributed by atoms with Crippen LogP contribution in [0.2, 0.25) is 0 Å². The molecule has 0 radical (unpaired) electrons. The number of fused-ring (bicyclic) bond motifs is 1. The van der Waals surface area contributed by atoms with Gasteiger partial charge in [0.05, 0.1) is 12.1 Å². The second kappa shape index (κ2) is 8.27. The number of ether oxygens (including phenoxy) is 2. The molecule has 2 aliphatic rings. The van der Waals surface area contributed by atoms with Crippen molar-refractivity contribution >= 4 is 11.8 Å². The van der Waals surface area contributed by atoms with Crippen LogP contribution in [-0.2, 0) is 16.1 Å². The fourth-order valence-electron chi connectivity index (χ4n) is 3.71. The van der Waals surface area contributed by atoms with Crippen LogP contribution in [0.15, 0.2) is 18.2 Å². The monoisotopic (exact) mass is 376 g/mol. The number of hydrogen-bond donors (Lipinski definition) is 2. The summed E-state index contributed by atoms with van der Waals surface area (Å²) >= 11 is 0. The van der Waals surface area contributed by atoms with Crippen LogP contribution in [0.1, 0.15) is 49.5 Å². The van der Waals surface area contributed by atoms with E-state index in [0.717, 1.165) is 18.4 Å². The van der Waals surface area contributed by atoms with Crippen LogP contribution in [0.25, 0.3) is 0 Å². The molecule has 2 N–H and O–H groups in total. The van der Waals surface area contributed by atoms with Gasteiger partial charge in [-0.1, -0.05) is 19.9 Å². The van der Waals surface area contributed by atoms with Gasteiger partial charge in [0.2, 0.25) is 5.91 Å². The summed E-state index contributed by atoms with van der Waals surface area (Å²) in [5, 5.41) is 8.81. The third-order valence-electron chi connectivity index (χ3n) is 5.47. The molecule has 0 saturated carbocycles. The molecule has 3 rings (SSSR count). The number of benzene rings is 1. The van der Waals surface area contributed by atoms with E-state index in [2.05, 4.69) is 13.8 Å². The standard InChI is InChI=1S/C20H28N2O5/c1-12(2)17-9-15(6-7-26-17)20(24)22-10-16-5-4-14(19(23)21-25)8-18(16)27-11-13(22)3/h4-5,8,12-13,15,17,25H,6-7,9-11H2,1-3H3,(H,21,23)/t13?,15-,17-/m0/s1. The molecular weight excluding hydrogens is 348 g/mol. The molecule has 0 spiro atoms. The summed E-state index contributed by atoms with van der Waals surface area (Å²) in [5.41, 5.74) is 2.79. The lowest BCUT2D eigenvalue weighted by atomic mass is 9.89. The molecule has 148 valence electrons. The maximum atomic E-state index is 13.2. The van der Waals surface area contributed by atoms with Gasteiger partial charge in [-0.25, -0.2) is 5.48 Å². The first-order valence-corrected chi connectivity index (χ1v) is 9.53. The molecule has 1 aromatic rings. The largest absolute Gasteiger partial charge is 0.491 e. The predicted molar refractivity (Wildman–Crippen MR) is 98.5 cm³/mol. The highest BCUT2D eigenvalue weighted by molar-refractivity contribution is 5.93. The average Bonchev–Trinajstić information content (AvgIpc) is 2.85. The number of amides is 2. The molecule has 0 bridgehead atoms. The van der Waals surface area contributed by atoms with Crippen LogP contribution >= 0.6 is 0 Å². The van der Waals surface area contributed by atoms with E-state index in [1.54, 1.807) is 23.7 Å². The molecule has 2 aliphatic heterocycles. The minimum Gasteiger partial charge on any atom is -0.491 e. The first-order chi connectivity index (χ1) is 12.9. The SMILES string of the molecule is CC(C)[C@@H]1C[C@@H](C(=O)N2Cc3ccc(C(=O)NO)cc3OCC2C)CCO1. The second-order valence-electron chi connectivity index (χ2n) is 7.76. The number of rotatable bonds is 3. The van der Waals surface area contributed by atoms with Crippen molar-refractivity contribution in [3.05, 3.63) is 29.3 Å². The van der Waals surface area contributed by atoms with E-state index in [-0.39, 0.29) is 24.0 Å². The van der Waals surface area contributed by atoms with E-state index in [4.69, 9.17) is 14.7 Å². The van der Waals surface area contributed by atoms with Gasteiger partial charge < -0.3 is 14.4 Å². The number of carbonyl (C=O) groups excluding carboxylic acids is 2. The number of nitrogens with zero attached hydrogens (tertiary/aromatic N) is 1. The lowest BCUT2D eigenvalue weighted by Gasteiger charge is -2.35. The summed E-state index contributed by atoms with van der Waals surface area (Å²) < 4.78 is 11.7. The van der Waals surface area contributed by atoms with Crippen molar-refractivity contribution in [3.8, 4) is 5.75 Å². The van der Waals surface area contributed by atoms with E-state index in [1.165, 1.54) is 0 Å². The number of hydroxylamine groups is 1. The van der Waals surface area contributed by atoms with Crippen molar-refractivity contribution in [2.45, 2.75) is 52.3 Å². The molecule has 3 atom stereocenters. The summed E-state index contributed by atoms with van der Waals surface area (Å²) in [4.78, 5) is 26.7. The highest BCUT2D eigenvalue weighted by atomic mass is 16.5. The Morgan fingerprint density at radius 3 is 2.81 bits per heavy atom. The Hall–Kier alpha value is -2.12. The normalized spacial score (nSPS) is 25.4. The van der Waals surface area contributed by atoms with Crippen molar-refractivity contribution < 1.29 is 24.3 Å². The van der Waals surface area contributed by atoms with Crippen LogP contribution in [0.3, 0.4) is 0 Å². The molecule has 27 heavy (non-hydrogen) atoms. The van der Waals surface area contributed by atoms with Gasteiger partial charge in [-0.3, -0.25) is 14.8 Å². The topological polar surface area (TPSA) is 88.1 Å². The molecule has 1 saturated heterocycles. The molecule has 7 heteroatoms. The zero-order chi connectivity index (χ0) is 19.6. The third kappa shape index (κ3) is 4.25. The zero-order valence-electron chi connectivity index (χ0n) is 16.1. The van der Waals surface area contributed by atoms with E-state index in [9.17, 15) is 9.59 Å². The molecule has 1 unspecified atom stereocenters. The first kappa shape index (κ1) is 19.6. The molecule has 7 nitrogen and oxygen atoms in total. The van der Waals surface area contributed by atoms with E-state index in [1.807, 2.05) is 11.8 Å².